The van der Waals surface area contributed by atoms with E-state index in [9.17, 15) is 4.79 Å². The van der Waals surface area contributed by atoms with E-state index in [1.807, 2.05) is 6.07 Å². The third-order valence-electron chi connectivity index (χ3n) is 3.04. The smallest absolute Gasteiger partial charge is 0.254 e. The molecular weight excluding hydrogens is 309 g/mol. The third kappa shape index (κ3) is 3.94. The lowest BCUT2D eigenvalue weighted by Crippen LogP contribution is -2.26. The summed E-state index contributed by atoms with van der Waals surface area (Å²) in [4.78, 5) is 18.0. The number of nitrogens with two attached hydrogens (primary N) is 1. The van der Waals surface area contributed by atoms with E-state index in [4.69, 9.17) is 28.9 Å². The van der Waals surface area contributed by atoms with Crippen molar-refractivity contribution in [2.75, 3.05) is 7.05 Å². The Morgan fingerprint density at radius 2 is 2.05 bits per heavy atom. The van der Waals surface area contributed by atoms with Gasteiger partial charge in [0.05, 0.1) is 5.69 Å². The lowest BCUT2D eigenvalue weighted by atomic mass is 10.1. The van der Waals surface area contributed by atoms with Crippen LogP contribution in [-0.2, 0) is 13.1 Å². The molecule has 0 spiro atoms. The molecule has 0 saturated carbocycles. The molecule has 0 aliphatic heterocycles. The second kappa shape index (κ2) is 6.89. The quantitative estimate of drug-likeness (QED) is 0.940. The first-order chi connectivity index (χ1) is 10.0. The standard InChI is InChI=1S/C15H15Cl2N3O/c1-20(9-11-2-3-12(16)7-14(11)17)15(21)10-4-5-19-13(6-10)8-18/h2-7H,8-9,18H2,1H3. The summed E-state index contributed by atoms with van der Waals surface area (Å²) in [6.45, 7) is 0.697. The zero-order valence-electron chi connectivity index (χ0n) is 11.5. The van der Waals surface area contributed by atoms with Crippen LogP contribution in [0.5, 0.6) is 0 Å². The molecule has 2 aromatic rings. The third-order valence-corrected chi connectivity index (χ3v) is 3.63. The maximum atomic E-state index is 12.4. The van der Waals surface area contributed by atoms with Gasteiger partial charge in [0, 0.05) is 41.9 Å². The van der Waals surface area contributed by atoms with Gasteiger partial charge < -0.3 is 10.6 Å². The number of hydrogen-bond acceptors (Lipinski definition) is 3. The van der Waals surface area contributed by atoms with Crippen LogP contribution in [-0.4, -0.2) is 22.8 Å². The Bertz CT molecular complexity index is 661. The Labute approximate surface area is 133 Å². The van der Waals surface area contributed by atoms with Gasteiger partial charge in [0.25, 0.3) is 5.91 Å². The average Bonchev–Trinajstić information content (AvgIpc) is 2.49. The predicted molar refractivity (Wildman–Crippen MR) is 84.4 cm³/mol. The minimum Gasteiger partial charge on any atom is -0.337 e. The van der Waals surface area contributed by atoms with Crippen molar-refractivity contribution in [1.82, 2.24) is 9.88 Å². The molecule has 0 unspecified atom stereocenters. The van der Waals surface area contributed by atoms with Crippen molar-refractivity contribution in [2.24, 2.45) is 5.73 Å². The molecule has 1 aromatic heterocycles. The van der Waals surface area contributed by atoms with E-state index < -0.39 is 0 Å². The number of aromatic nitrogens is 1. The Kier molecular flexibility index (Phi) is 5.17. The van der Waals surface area contributed by atoms with Gasteiger partial charge in [0.2, 0.25) is 0 Å². The van der Waals surface area contributed by atoms with Crippen LogP contribution >= 0.6 is 23.2 Å². The Morgan fingerprint density at radius 1 is 1.29 bits per heavy atom. The number of benzene rings is 1. The summed E-state index contributed by atoms with van der Waals surface area (Å²) in [6, 6.07) is 8.59. The molecule has 0 radical (unpaired) electrons. The molecule has 1 heterocycles. The van der Waals surface area contributed by atoms with Crippen LogP contribution in [0.15, 0.2) is 36.5 Å². The molecule has 110 valence electrons. The Morgan fingerprint density at radius 3 is 2.71 bits per heavy atom. The number of nitrogens with zero attached hydrogens (tertiary/aromatic N) is 2. The molecule has 4 nitrogen and oxygen atoms in total. The summed E-state index contributed by atoms with van der Waals surface area (Å²) in [5.41, 5.74) is 7.61. The molecule has 0 aliphatic rings. The van der Waals surface area contributed by atoms with Gasteiger partial charge in [-0.05, 0) is 29.8 Å². The molecule has 0 aliphatic carbocycles. The zero-order chi connectivity index (χ0) is 15.4. The van der Waals surface area contributed by atoms with Gasteiger partial charge in [-0.15, -0.1) is 0 Å². The van der Waals surface area contributed by atoms with E-state index in [2.05, 4.69) is 4.98 Å². The molecule has 2 N–H and O–H groups in total. The molecule has 1 aromatic carbocycles. The van der Waals surface area contributed by atoms with Crippen molar-refractivity contribution >= 4 is 29.1 Å². The SMILES string of the molecule is CN(Cc1ccc(Cl)cc1Cl)C(=O)c1ccnc(CN)c1. The average molecular weight is 324 g/mol. The van der Waals surface area contributed by atoms with Crippen LogP contribution in [0, 0.1) is 0 Å². The van der Waals surface area contributed by atoms with Crippen LogP contribution in [0.3, 0.4) is 0 Å². The summed E-state index contributed by atoms with van der Waals surface area (Å²) in [7, 11) is 1.72. The second-order valence-electron chi connectivity index (χ2n) is 4.64. The number of halogens is 2. The molecule has 6 heteroatoms. The minimum atomic E-state index is -0.113. The van der Waals surface area contributed by atoms with Gasteiger partial charge in [-0.1, -0.05) is 29.3 Å². The lowest BCUT2D eigenvalue weighted by Gasteiger charge is -2.18. The number of amides is 1. The Balaban J connectivity index is 2.15. The van der Waals surface area contributed by atoms with Crippen LogP contribution in [0.1, 0.15) is 21.6 Å². The summed E-state index contributed by atoms with van der Waals surface area (Å²) in [5, 5.41) is 1.11. The number of rotatable bonds is 4. The lowest BCUT2D eigenvalue weighted by molar-refractivity contribution is 0.0785. The topological polar surface area (TPSA) is 59.2 Å². The van der Waals surface area contributed by atoms with Gasteiger partial charge in [0.1, 0.15) is 0 Å². The molecule has 1 amide bonds. The van der Waals surface area contributed by atoms with Crippen LogP contribution in [0.2, 0.25) is 10.0 Å². The van der Waals surface area contributed by atoms with E-state index in [1.54, 1.807) is 42.4 Å². The number of carbonyl (C=O) groups excluding carboxylic acids is 1. The number of carbonyl (C=O) groups is 1. The summed E-state index contributed by atoms with van der Waals surface area (Å²) < 4.78 is 0. The molecule has 21 heavy (non-hydrogen) atoms. The molecule has 0 saturated heterocycles. The first-order valence-electron chi connectivity index (χ1n) is 6.35. The summed E-state index contributed by atoms with van der Waals surface area (Å²) >= 11 is 12.0. The van der Waals surface area contributed by atoms with E-state index in [0.717, 1.165) is 5.56 Å². The fourth-order valence-electron chi connectivity index (χ4n) is 1.92. The first-order valence-corrected chi connectivity index (χ1v) is 7.11. The van der Waals surface area contributed by atoms with Gasteiger partial charge in [-0.2, -0.15) is 0 Å². The monoisotopic (exact) mass is 323 g/mol. The largest absolute Gasteiger partial charge is 0.337 e. The molecule has 0 bridgehead atoms. The van der Waals surface area contributed by atoms with Crippen LogP contribution in [0.4, 0.5) is 0 Å². The Hall–Kier alpha value is -1.62. The predicted octanol–water partition coefficient (Wildman–Crippen LogP) is 3.12. The highest BCUT2D eigenvalue weighted by molar-refractivity contribution is 6.35. The highest BCUT2D eigenvalue weighted by Crippen LogP contribution is 2.22. The van der Waals surface area contributed by atoms with Crippen molar-refractivity contribution in [3.8, 4) is 0 Å². The van der Waals surface area contributed by atoms with Crippen molar-refractivity contribution in [3.05, 3.63) is 63.4 Å². The summed E-state index contributed by atoms with van der Waals surface area (Å²) in [5.74, 6) is -0.113. The molecular formula is C15H15Cl2N3O. The fourth-order valence-corrected chi connectivity index (χ4v) is 2.39. The first kappa shape index (κ1) is 15.8. The van der Waals surface area contributed by atoms with Gasteiger partial charge in [0.15, 0.2) is 0 Å². The molecule has 2 rings (SSSR count). The maximum Gasteiger partial charge on any atom is 0.254 e. The highest BCUT2D eigenvalue weighted by Gasteiger charge is 2.14. The van der Waals surface area contributed by atoms with E-state index >= 15 is 0 Å². The summed E-state index contributed by atoms with van der Waals surface area (Å²) in [6.07, 6.45) is 1.58. The van der Waals surface area contributed by atoms with Crippen LogP contribution < -0.4 is 5.73 Å². The van der Waals surface area contributed by atoms with E-state index in [-0.39, 0.29) is 5.91 Å². The second-order valence-corrected chi connectivity index (χ2v) is 5.48. The van der Waals surface area contributed by atoms with Crippen molar-refractivity contribution in [2.45, 2.75) is 13.1 Å². The minimum absolute atomic E-state index is 0.113. The van der Waals surface area contributed by atoms with Gasteiger partial charge >= 0.3 is 0 Å². The molecule has 0 fully saturated rings. The van der Waals surface area contributed by atoms with Crippen molar-refractivity contribution in [1.29, 1.82) is 0 Å². The number of pyridine rings is 1. The van der Waals surface area contributed by atoms with Gasteiger partial charge in [-0.3, -0.25) is 9.78 Å². The van der Waals surface area contributed by atoms with Crippen molar-refractivity contribution < 1.29 is 4.79 Å². The van der Waals surface area contributed by atoms with Crippen molar-refractivity contribution in [3.63, 3.8) is 0 Å². The number of hydrogen-bond donors (Lipinski definition) is 1. The van der Waals surface area contributed by atoms with E-state index in [1.165, 1.54) is 0 Å². The molecule has 0 atom stereocenters. The normalized spacial score (nSPS) is 10.5. The van der Waals surface area contributed by atoms with Crippen LogP contribution in [0.25, 0.3) is 0 Å². The maximum absolute atomic E-state index is 12.4. The fraction of sp³-hybridized carbons (Fsp3) is 0.200. The van der Waals surface area contributed by atoms with Gasteiger partial charge in [-0.25, -0.2) is 0 Å². The zero-order valence-corrected chi connectivity index (χ0v) is 13.0. The highest BCUT2D eigenvalue weighted by atomic mass is 35.5. The van der Waals surface area contributed by atoms with E-state index in [0.29, 0.717) is 34.4 Å².